The van der Waals surface area contributed by atoms with Gasteiger partial charge in [-0.2, -0.15) is 0 Å². The number of amides is 1. The Hall–Kier alpha value is -2.21. The minimum absolute atomic E-state index is 0.0842. The van der Waals surface area contributed by atoms with Gasteiger partial charge >= 0.3 is 0 Å². The highest BCUT2D eigenvalue weighted by molar-refractivity contribution is 5.92. The van der Waals surface area contributed by atoms with Crippen molar-refractivity contribution in [2.24, 2.45) is 0 Å². The summed E-state index contributed by atoms with van der Waals surface area (Å²) in [5.74, 6) is 0.704. The Kier molecular flexibility index (Phi) is 4.48. The van der Waals surface area contributed by atoms with E-state index in [2.05, 4.69) is 21.9 Å². The van der Waals surface area contributed by atoms with Gasteiger partial charge in [-0.05, 0) is 45.1 Å². The Labute approximate surface area is 129 Å². The van der Waals surface area contributed by atoms with Gasteiger partial charge in [-0.25, -0.2) is 4.98 Å². The van der Waals surface area contributed by atoms with E-state index >= 15 is 0 Å². The molecule has 2 aromatic heterocycles. The number of hydrogen-bond donors (Lipinski definition) is 0. The quantitative estimate of drug-likeness (QED) is 0.861. The molecule has 1 fully saturated rings. The van der Waals surface area contributed by atoms with E-state index in [9.17, 15) is 4.79 Å². The molecule has 0 N–H and O–H groups in total. The van der Waals surface area contributed by atoms with Crippen molar-refractivity contribution in [3.63, 3.8) is 0 Å². The van der Waals surface area contributed by atoms with Crippen molar-refractivity contribution >= 4 is 5.91 Å². The van der Waals surface area contributed by atoms with E-state index in [4.69, 9.17) is 4.42 Å². The SMILES string of the molecule is CN1CCC(N(Cc2ccco2)C(=O)c2cnccn2)CC1. The zero-order valence-electron chi connectivity index (χ0n) is 12.7. The minimum atomic E-state index is -0.0842. The van der Waals surface area contributed by atoms with Crippen LogP contribution in [0.1, 0.15) is 29.1 Å². The van der Waals surface area contributed by atoms with Crippen molar-refractivity contribution in [1.29, 1.82) is 0 Å². The van der Waals surface area contributed by atoms with Crippen molar-refractivity contribution < 1.29 is 9.21 Å². The van der Waals surface area contributed by atoms with Crippen LogP contribution in [0.2, 0.25) is 0 Å². The zero-order valence-corrected chi connectivity index (χ0v) is 12.7. The smallest absolute Gasteiger partial charge is 0.274 e. The zero-order chi connectivity index (χ0) is 15.4. The molecule has 3 rings (SSSR count). The molecule has 0 unspecified atom stereocenters. The molecule has 0 atom stereocenters. The number of furan rings is 1. The first-order valence-corrected chi connectivity index (χ1v) is 7.52. The fourth-order valence-electron chi connectivity index (χ4n) is 2.80. The Morgan fingerprint density at radius 2 is 2.23 bits per heavy atom. The van der Waals surface area contributed by atoms with Crippen LogP contribution in [0.5, 0.6) is 0 Å². The summed E-state index contributed by atoms with van der Waals surface area (Å²) in [6.45, 7) is 2.46. The number of likely N-dealkylation sites (tertiary alicyclic amines) is 1. The first-order chi connectivity index (χ1) is 10.7. The molecule has 2 aromatic rings. The predicted molar refractivity (Wildman–Crippen MR) is 81.1 cm³/mol. The molecule has 6 heteroatoms. The van der Waals surface area contributed by atoms with Gasteiger partial charge in [0.1, 0.15) is 11.5 Å². The number of rotatable bonds is 4. The van der Waals surface area contributed by atoms with E-state index in [0.29, 0.717) is 12.2 Å². The van der Waals surface area contributed by atoms with Crippen LogP contribution in [-0.4, -0.2) is 51.9 Å². The highest BCUT2D eigenvalue weighted by Crippen LogP contribution is 2.20. The van der Waals surface area contributed by atoms with Gasteiger partial charge < -0.3 is 14.2 Å². The van der Waals surface area contributed by atoms with Crippen LogP contribution < -0.4 is 0 Å². The summed E-state index contributed by atoms with van der Waals surface area (Å²) < 4.78 is 5.42. The molecule has 6 nitrogen and oxygen atoms in total. The third-order valence-electron chi connectivity index (χ3n) is 4.08. The average molecular weight is 300 g/mol. The Bertz CT molecular complexity index is 592. The summed E-state index contributed by atoms with van der Waals surface area (Å²) >= 11 is 0. The molecule has 1 aliphatic rings. The fourth-order valence-corrected chi connectivity index (χ4v) is 2.80. The molecule has 1 amide bonds. The summed E-state index contributed by atoms with van der Waals surface area (Å²) in [5.41, 5.74) is 0.382. The number of carbonyl (C=O) groups is 1. The molecular formula is C16H20N4O2. The van der Waals surface area contributed by atoms with Crippen LogP contribution >= 0.6 is 0 Å². The van der Waals surface area contributed by atoms with Crippen molar-refractivity contribution in [1.82, 2.24) is 19.8 Å². The summed E-state index contributed by atoms with van der Waals surface area (Å²) in [5, 5.41) is 0. The van der Waals surface area contributed by atoms with Crippen LogP contribution in [0.4, 0.5) is 0 Å². The maximum atomic E-state index is 12.8. The summed E-state index contributed by atoms with van der Waals surface area (Å²) in [6.07, 6.45) is 8.20. The molecule has 0 spiro atoms. The van der Waals surface area contributed by atoms with Crippen LogP contribution in [0, 0.1) is 0 Å². The average Bonchev–Trinajstić information content (AvgIpc) is 3.07. The van der Waals surface area contributed by atoms with E-state index in [-0.39, 0.29) is 11.9 Å². The third kappa shape index (κ3) is 3.33. The highest BCUT2D eigenvalue weighted by Gasteiger charge is 2.29. The molecule has 0 aliphatic carbocycles. The van der Waals surface area contributed by atoms with Crippen molar-refractivity contribution in [2.45, 2.75) is 25.4 Å². The van der Waals surface area contributed by atoms with Gasteiger partial charge in [-0.15, -0.1) is 0 Å². The van der Waals surface area contributed by atoms with Gasteiger partial charge in [-0.1, -0.05) is 0 Å². The maximum Gasteiger partial charge on any atom is 0.274 e. The number of aromatic nitrogens is 2. The Balaban J connectivity index is 1.80. The second kappa shape index (κ2) is 6.70. The van der Waals surface area contributed by atoms with Gasteiger partial charge in [-0.3, -0.25) is 9.78 Å². The molecule has 0 aromatic carbocycles. The molecule has 1 aliphatic heterocycles. The van der Waals surface area contributed by atoms with Crippen molar-refractivity contribution in [3.8, 4) is 0 Å². The largest absolute Gasteiger partial charge is 0.467 e. The monoisotopic (exact) mass is 300 g/mol. The summed E-state index contributed by atoms with van der Waals surface area (Å²) in [6, 6.07) is 3.94. The minimum Gasteiger partial charge on any atom is -0.467 e. The van der Waals surface area contributed by atoms with Crippen molar-refractivity contribution in [3.05, 3.63) is 48.4 Å². The van der Waals surface area contributed by atoms with E-state index in [1.165, 1.54) is 6.20 Å². The summed E-state index contributed by atoms with van der Waals surface area (Å²) in [7, 11) is 2.11. The lowest BCUT2D eigenvalue weighted by Gasteiger charge is -2.36. The Morgan fingerprint density at radius 1 is 1.41 bits per heavy atom. The topological polar surface area (TPSA) is 62.5 Å². The lowest BCUT2D eigenvalue weighted by Crippen LogP contribution is -2.46. The summed E-state index contributed by atoms with van der Waals surface area (Å²) in [4.78, 5) is 25.1. The van der Waals surface area contributed by atoms with Gasteiger partial charge in [0.05, 0.1) is 19.0 Å². The molecule has 0 radical (unpaired) electrons. The first kappa shape index (κ1) is 14.7. The fraction of sp³-hybridized carbons (Fsp3) is 0.438. The van der Waals surface area contributed by atoms with Crippen LogP contribution in [-0.2, 0) is 6.54 Å². The first-order valence-electron chi connectivity index (χ1n) is 7.52. The maximum absolute atomic E-state index is 12.8. The van der Waals surface area contributed by atoms with Gasteiger partial charge in [0.15, 0.2) is 0 Å². The molecule has 0 bridgehead atoms. The van der Waals surface area contributed by atoms with Crippen LogP contribution in [0.25, 0.3) is 0 Å². The standard InChI is InChI=1S/C16H20N4O2/c1-19-8-4-13(5-9-19)20(12-14-3-2-10-22-14)16(21)15-11-17-6-7-18-15/h2-3,6-7,10-11,13H,4-5,8-9,12H2,1H3. The molecule has 1 saturated heterocycles. The molecular weight excluding hydrogens is 280 g/mol. The van der Waals surface area contributed by atoms with Gasteiger partial charge in [0.25, 0.3) is 5.91 Å². The van der Waals surface area contributed by atoms with Gasteiger partial charge in [0, 0.05) is 18.4 Å². The second-order valence-electron chi connectivity index (χ2n) is 5.64. The molecule has 3 heterocycles. The number of carbonyl (C=O) groups excluding carboxylic acids is 1. The number of hydrogen-bond acceptors (Lipinski definition) is 5. The normalized spacial score (nSPS) is 16.6. The molecule has 22 heavy (non-hydrogen) atoms. The Morgan fingerprint density at radius 3 is 2.86 bits per heavy atom. The van der Waals surface area contributed by atoms with E-state index in [0.717, 1.165) is 31.7 Å². The predicted octanol–water partition coefficient (Wildman–Crippen LogP) is 1.81. The molecule has 0 saturated carbocycles. The van der Waals surface area contributed by atoms with E-state index in [1.54, 1.807) is 18.7 Å². The second-order valence-corrected chi connectivity index (χ2v) is 5.64. The highest BCUT2D eigenvalue weighted by atomic mass is 16.3. The number of piperidine rings is 1. The molecule has 116 valence electrons. The van der Waals surface area contributed by atoms with Crippen LogP contribution in [0.3, 0.4) is 0 Å². The van der Waals surface area contributed by atoms with Crippen LogP contribution in [0.15, 0.2) is 41.4 Å². The van der Waals surface area contributed by atoms with E-state index < -0.39 is 0 Å². The third-order valence-corrected chi connectivity index (χ3v) is 4.08. The lowest BCUT2D eigenvalue weighted by atomic mass is 10.0. The van der Waals surface area contributed by atoms with E-state index in [1.807, 2.05) is 17.0 Å². The lowest BCUT2D eigenvalue weighted by molar-refractivity contribution is 0.0544. The van der Waals surface area contributed by atoms with Gasteiger partial charge in [0.2, 0.25) is 0 Å². The van der Waals surface area contributed by atoms with Crippen molar-refractivity contribution in [2.75, 3.05) is 20.1 Å². The number of nitrogens with zero attached hydrogens (tertiary/aromatic N) is 4.